The minimum atomic E-state index is 0.319. The number of benzene rings is 1. The molecule has 1 aromatic carbocycles. The monoisotopic (exact) mass is 249 g/mol. The summed E-state index contributed by atoms with van der Waals surface area (Å²) in [7, 11) is 0. The molecule has 1 aliphatic rings. The zero-order valence-corrected chi connectivity index (χ0v) is 10.9. The number of nitrogens with one attached hydrogen (secondary N) is 1. The van der Waals surface area contributed by atoms with Gasteiger partial charge in [0.15, 0.2) is 0 Å². The van der Waals surface area contributed by atoms with E-state index in [4.69, 9.17) is 4.74 Å². The lowest BCUT2D eigenvalue weighted by atomic mass is 9.98. The average Bonchev–Trinajstić information content (AvgIpc) is 2.42. The molecule has 0 amide bonds. The summed E-state index contributed by atoms with van der Waals surface area (Å²) in [5.41, 5.74) is 1.19. The van der Waals surface area contributed by atoms with Crippen molar-refractivity contribution < 1.29 is 9.84 Å². The van der Waals surface area contributed by atoms with Crippen LogP contribution in [0.5, 0.6) is 5.75 Å². The molecule has 0 radical (unpaired) electrons. The van der Waals surface area contributed by atoms with Gasteiger partial charge in [-0.15, -0.1) is 0 Å². The number of ether oxygens (including phenoxy) is 1. The maximum absolute atomic E-state index is 9.17. The maximum Gasteiger partial charge on any atom is 0.115 e. The van der Waals surface area contributed by atoms with Crippen LogP contribution in [0.2, 0.25) is 0 Å². The Kier molecular flexibility index (Phi) is 5.49. The van der Waals surface area contributed by atoms with Crippen molar-refractivity contribution in [2.24, 2.45) is 0 Å². The minimum absolute atomic E-state index is 0.319. The predicted molar refractivity (Wildman–Crippen MR) is 72.6 cm³/mol. The highest BCUT2D eigenvalue weighted by Gasteiger charge is 2.12. The third kappa shape index (κ3) is 4.67. The highest BCUT2D eigenvalue weighted by Crippen LogP contribution is 2.19. The Hall–Kier alpha value is -1.06. The molecule has 0 saturated heterocycles. The van der Waals surface area contributed by atoms with E-state index in [-0.39, 0.29) is 0 Å². The van der Waals surface area contributed by atoms with E-state index < -0.39 is 0 Å². The first-order valence-corrected chi connectivity index (χ1v) is 6.95. The summed E-state index contributed by atoms with van der Waals surface area (Å²) in [4.78, 5) is 0. The standard InChI is InChI=1S/C15H23NO2/c17-14-8-6-13(7-9-14)12-16-10-11-18-15-4-2-1-3-5-15/h6-9,15-17H,1-5,10-12H2. The fraction of sp³-hybridized carbons (Fsp3) is 0.600. The Morgan fingerprint density at radius 2 is 1.83 bits per heavy atom. The first-order chi connectivity index (χ1) is 8.84. The number of hydrogen-bond donors (Lipinski definition) is 2. The van der Waals surface area contributed by atoms with Gasteiger partial charge in [-0.25, -0.2) is 0 Å². The van der Waals surface area contributed by atoms with Gasteiger partial charge in [0, 0.05) is 13.1 Å². The zero-order valence-electron chi connectivity index (χ0n) is 10.9. The molecule has 0 heterocycles. The lowest BCUT2D eigenvalue weighted by molar-refractivity contribution is 0.0302. The Bertz CT molecular complexity index is 331. The van der Waals surface area contributed by atoms with Crippen LogP contribution in [0.1, 0.15) is 37.7 Å². The fourth-order valence-corrected chi connectivity index (χ4v) is 2.38. The van der Waals surface area contributed by atoms with E-state index in [0.717, 1.165) is 19.7 Å². The molecule has 0 atom stereocenters. The van der Waals surface area contributed by atoms with E-state index in [1.807, 2.05) is 12.1 Å². The molecule has 1 aliphatic carbocycles. The van der Waals surface area contributed by atoms with E-state index in [1.54, 1.807) is 12.1 Å². The van der Waals surface area contributed by atoms with Crippen molar-refractivity contribution in [1.82, 2.24) is 5.32 Å². The largest absolute Gasteiger partial charge is 0.508 e. The zero-order chi connectivity index (χ0) is 12.6. The summed E-state index contributed by atoms with van der Waals surface area (Å²) in [6.45, 7) is 2.51. The SMILES string of the molecule is Oc1ccc(CNCCOC2CCCCC2)cc1. The molecule has 18 heavy (non-hydrogen) atoms. The molecule has 3 heteroatoms. The van der Waals surface area contributed by atoms with Gasteiger partial charge in [-0.2, -0.15) is 0 Å². The van der Waals surface area contributed by atoms with E-state index in [2.05, 4.69) is 5.32 Å². The summed E-state index contributed by atoms with van der Waals surface area (Å²) in [5.74, 6) is 0.319. The average molecular weight is 249 g/mol. The second-order valence-electron chi connectivity index (χ2n) is 4.97. The van der Waals surface area contributed by atoms with Crippen molar-refractivity contribution in [3.63, 3.8) is 0 Å². The van der Waals surface area contributed by atoms with Crippen molar-refractivity contribution in [3.05, 3.63) is 29.8 Å². The van der Waals surface area contributed by atoms with E-state index in [1.165, 1.54) is 37.7 Å². The minimum Gasteiger partial charge on any atom is -0.508 e. The Balaban J connectivity index is 1.54. The van der Waals surface area contributed by atoms with Crippen LogP contribution in [0.3, 0.4) is 0 Å². The van der Waals surface area contributed by atoms with Crippen LogP contribution in [0.25, 0.3) is 0 Å². The quantitative estimate of drug-likeness (QED) is 0.762. The van der Waals surface area contributed by atoms with Crippen molar-refractivity contribution >= 4 is 0 Å². The van der Waals surface area contributed by atoms with Gasteiger partial charge in [0.2, 0.25) is 0 Å². The topological polar surface area (TPSA) is 41.5 Å². The van der Waals surface area contributed by atoms with Crippen LogP contribution in [0, 0.1) is 0 Å². The molecule has 0 unspecified atom stereocenters. The highest BCUT2D eigenvalue weighted by molar-refractivity contribution is 5.25. The molecule has 0 spiro atoms. The van der Waals surface area contributed by atoms with Crippen molar-refractivity contribution in [3.8, 4) is 5.75 Å². The molecule has 2 rings (SSSR count). The molecule has 1 fully saturated rings. The van der Waals surface area contributed by atoms with Gasteiger partial charge in [-0.1, -0.05) is 31.4 Å². The van der Waals surface area contributed by atoms with Gasteiger partial charge in [0.25, 0.3) is 0 Å². The number of phenols is 1. The molecular formula is C15H23NO2. The lowest BCUT2D eigenvalue weighted by Gasteiger charge is -2.22. The van der Waals surface area contributed by atoms with Gasteiger partial charge in [-0.3, -0.25) is 0 Å². The van der Waals surface area contributed by atoms with Crippen LogP contribution in [0.4, 0.5) is 0 Å². The molecule has 2 N–H and O–H groups in total. The maximum atomic E-state index is 9.17. The normalized spacial score (nSPS) is 16.9. The first kappa shape index (κ1) is 13.4. The van der Waals surface area contributed by atoms with E-state index in [0.29, 0.717) is 11.9 Å². The van der Waals surface area contributed by atoms with E-state index >= 15 is 0 Å². The van der Waals surface area contributed by atoms with Crippen LogP contribution in [-0.2, 0) is 11.3 Å². The molecule has 100 valence electrons. The molecule has 1 saturated carbocycles. The first-order valence-electron chi connectivity index (χ1n) is 6.95. The van der Waals surface area contributed by atoms with Gasteiger partial charge < -0.3 is 15.2 Å². The number of rotatable bonds is 6. The highest BCUT2D eigenvalue weighted by atomic mass is 16.5. The Labute approximate surface area is 109 Å². The van der Waals surface area contributed by atoms with Crippen LogP contribution in [0.15, 0.2) is 24.3 Å². The number of hydrogen-bond acceptors (Lipinski definition) is 3. The smallest absolute Gasteiger partial charge is 0.115 e. The summed E-state index contributed by atoms with van der Waals surface area (Å²) >= 11 is 0. The summed E-state index contributed by atoms with van der Waals surface area (Å²) in [6.07, 6.45) is 6.99. The predicted octanol–water partition coefficient (Wildman–Crippen LogP) is 2.83. The molecule has 1 aromatic rings. The second kappa shape index (κ2) is 7.39. The van der Waals surface area contributed by atoms with Gasteiger partial charge >= 0.3 is 0 Å². The van der Waals surface area contributed by atoms with Crippen LogP contribution < -0.4 is 5.32 Å². The summed E-state index contributed by atoms with van der Waals surface area (Å²) in [6, 6.07) is 7.31. The van der Waals surface area contributed by atoms with Gasteiger partial charge in [-0.05, 0) is 30.5 Å². The van der Waals surface area contributed by atoms with Crippen molar-refractivity contribution in [1.29, 1.82) is 0 Å². The Morgan fingerprint density at radius 1 is 1.11 bits per heavy atom. The van der Waals surface area contributed by atoms with Crippen LogP contribution in [-0.4, -0.2) is 24.4 Å². The van der Waals surface area contributed by atoms with Gasteiger partial charge in [0.05, 0.1) is 12.7 Å². The third-order valence-electron chi connectivity index (χ3n) is 3.45. The van der Waals surface area contributed by atoms with Crippen LogP contribution >= 0.6 is 0 Å². The molecule has 0 bridgehead atoms. The number of phenolic OH excluding ortho intramolecular Hbond substituents is 1. The summed E-state index contributed by atoms with van der Waals surface area (Å²) < 4.78 is 5.84. The molecule has 0 aliphatic heterocycles. The van der Waals surface area contributed by atoms with Crippen molar-refractivity contribution in [2.75, 3.05) is 13.2 Å². The fourth-order valence-electron chi connectivity index (χ4n) is 2.38. The molecule has 0 aromatic heterocycles. The molecule has 3 nitrogen and oxygen atoms in total. The van der Waals surface area contributed by atoms with Gasteiger partial charge in [0.1, 0.15) is 5.75 Å². The second-order valence-corrected chi connectivity index (χ2v) is 4.97. The van der Waals surface area contributed by atoms with Crippen molar-refractivity contribution in [2.45, 2.75) is 44.8 Å². The third-order valence-corrected chi connectivity index (χ3v) is 3.45. The molecular weight excluding hydrogens is 226 g/mol. The summed E-state index contributed by atoms with van der Waals surface area (Å²) in [5, 5.41) is 12.5. The lowest BCUT2D eigenvalue weighted by Crippen LogP contribution is -2.24. The Morgan fingerprint density at radius 3 is 2.56 bits per heavy atom. The van der Waals surface area contributed by atoms with E-state index in [9.17, 15) is 5.11 Å². The number of aromatic hydroxyl groups is 1.